The van der Waals surface area contributed by atoms with Crippen molar-refractivity contribution in [1.82, 2.24) is 35.2 Å². The monoisotopic (exact) mass is 888 g/mol. The maximum atomic E-state index is 15.2. The highest BCUT2D eigenvalue weighted by molar-refractivity contribution is 6.11. The van der Waals surface area contributed by atoms with E-state index in [0.29, 0.717) is 74.0 Å². The number of amides is 3. The van der Waals surface area contributed by atoms with E-state index in [9.17, 15) is 19.2 Å². The number of rotatable bonds is 15. The van der Waals surface area contributed by atoms with Crippen molar-refractivity contribution >= 4 is 45.8 Å². The zero-order valence-electron chi connectivity index (χ0n) is 36.7. The number of nitriles is 1. The van der Waals surface area contributed by atoms with E-state index < -0.39 is 12.1 Å². The number of ketones is 1. The largest absolute Gasteiger partial charge is 0.374 e. The number of nitrogens with zero attached hydrogens (tertiary/aromatic N) is 6. The molecule has 338 valence electrons. The smallest absolute Gasteiger partial charge is 0.249 e. The quantitative estimate of drug-likeness (QED) is 0.0701. The molecule has 14 nitrogen and oxygen atoms in total. The Balaban J connectivity index is 0.738. The Hall–Kier alpha value is -7.15. The van der Waals surface area contributed by atoms with Gasteiger partial charge in [-0.15, -0.1) is 0 Å². The number of carbonyl (C=O) groups excluding carboxylic acids is 4. The molecule has 4 N–H and O–H groups in total. The molecule has 4 aromatic carbocycles. The second-order valence-electron chi connectivity index (χ2n) is 17.5. The van der Waals surface area contributed by atoms with Gasteiger partial charge in [-0.2, -0.15) is 10.4 Å². The lowest BCUT2D eigenvalue weighted by Gasteiger charge is -2.39. The Morgan fingerprint density at radius 3 is 2.42 bits per heavy atom. The number of fused-ring (bicyclic) bond motifs is 1. The summed E-state index contributed by atoms with van der Waals surface area (Å²) in [5, 5.41) is 23.4. The number of piperazine rings is 1. The molecular formula is C51H53FN10O4. The highest BCUT2D eigenvalue weighted by Crippen LogP contribution is 2.30. The summed E-state index contributed by atoms with van der Waals surface area (Å²) < 4.78 is 16.9. The minimum absolute atomic E-state index is 0.0322. The van der Waals surface area contributed by atoms with Gasteiger partial charge in [-0.05, 0) is 84.7 Å². The number of halogens is 1. The first kappa shape index (κ1) is 44.1. The molecule has 3 amide bonds. The predicted octanol–water partition coefficient (Wildman–Crippen LogP) is 6.08. The number of aromatic amines is 1. The van der Waals surface area contributed by atoms with Crippen LogP contribution in [0.1, 0.15) is 58.8 Å². The molecule has 15 heteroatoms. The molecule has 6 aromatic rings. The molecule has 2 unspecified atom stereocenters. The summed E-state index contributed by atoms with van der Waals surface area (Å²) in [7, 11) is 0. The van der Waals surface area contributed by atoms with E-state index in [1.165, 1.54) is 6.07 Å². The van der Waals surface area contributed by atoms with E-state index in [-0.39, 0.29) is 42.3 Å². The van der Waals surface area contributed by atoms with Crippen LogP contribution in [0.4, 0.5) is 15.8 Å². The summed E-state index contributed by atoms with van der Waals surface area (Å²) in [4.78, 5) is 61.0. The molecule has 3 fully saturated rings. The second kappa shape index (κ2) is 19.9. The second-order valence-corrected chi connectivity index (χ2v) is 17.5. The van der Waals surface area contributed by atoms with Gasteiger partial charge in [-0.3, -0.25) is 34.1 Å². The first-order valence-electron chi connectivity index (χ1n) is 22.8. The van der Waals surface area contributed by atoms with Crippen LogP contribution in [0, 0.1) is 23.1 Å². The number of hydrogen-bond donors (Lipinski definition) is 4. The summed E-state index contributed by atoms with van der Waals surface area (Å²) in [6.07, 6.45) is 8.62. The van der Waals surface area contributed by atoms with E-state index in [2.05, 4.69) is 41.9 Å². The van der Waals surface area contributed by atoms with Crippen molar-refractivity contribution in [3.63, 3.8) is 0 Å². The topological polar surface area (TPSA) is 171 Å². The van der Waals surface area contributed by atoms with Crippen LogP contribution in [0.15, 0.2) is 110 Å². The number of hydrogen-bond acceptors (Lipinski definition) is 10. The molecule has 3 aliphatic rings. The molecule has 9 rings (SSSR count). The molecule has 5 heterocycles. The zero-order chi connectivity index (χ0) is 45.6. The van der Waals surface area contributed by atoms with Gasteiger partial charge in [-0.1, -0.05) is 54.6 Å². The van der Waals surface area contributed by atoms with Gasteiger partial charge in [0, 0.05) is 98.9 Å². The van der Waals surface area contributed by atoms with E-state index >= 15 is 4.39 Å². The van der Waals surface area contributed by atoms with E-state index in [1.807, 2.05) is 83.9 Å². The number of piperidine rings is 2. The molecule has 3 aliphatic heterocycles. The third-order valence-corrected chi connectivity index (χ3v) is 13.2. The summed E-state index contributed by atoms with van der Waals surface area (Å²) in [6, 6.07) is 29.2. The van der Waals surface area contributed by atoms with Gasteiger partial charge < -0.3 is 25.4 Å². The minimum atomic E-state index is -0.565. The first-order valence-corrected chi connectivity index (χ1v) is 22.8. The molecule has 2 aromatic heterocycles. The van der Waals surface area contributed by atoms with Gasteiger partial charge in [0.05, 0.1) is 29.6 Å². The van der Waals surface area contributed by atoms with Crippen LogP contribution in [-0.2, 0) is 27.3 Å². The average Bonchev–Trinajstić information content (AvgIpc) is 3.99. The maximum Gasteiger partial charge on any atom is 0.249 e. The maximum absolute atomic E-state index is 15.2. The van der Waals surface area contributed by atoms with Gasteiger partial charge in [0.25, 0.3) is 0 Å². The molecule has 0 bridgehead atoms. The third kappa shape index (κ3) is 10.2. The van der Waals surface area contributed by atoms with Crippen molar-refractivity contribution < 1.29 is 23.6 Å². The van der Waals surface area contributed by atoms with Crippen LogP contribution in [0.5, 0.6) is 0 Å². The lowest BCUT2D eigenvalue weighted by Crippen LogP contribution is -2.49. The van der Waals surface area contributed by atoms with Crippen molar-refractivity contribution in [2.24, 2.45) is 5.92 Å². The summed E-state index contributed by atoms with van der Waals surface area (Å²) in [6.45, 7) is 6.13. The zero-order valence-corrected chi connectivity index (χ0v) is 36.7. The molecule has 0 aliphatic carbocycles. The van der Waals surface area contributed by atoms with Crippen LogP contribution in [-0.4, -0.2) is 106 Å². The molecule has 2 atom stereocenters. The van der Waals surface area contributed by atoms with Crippen molar-refractivity contribution in [2.75, 3.05) is 62.6 Å². The van der Waals surface area contributed by atoms with Crippen molar-refractivity contribution in [3.05, 3.63) is 138 Å². The standard InChI is InChI=1S/C51H53FN10O4/c52-43-27-40(57-44-13-15-47(63)58-51(44)66)11-14-46(43)60-24-22-59(23-25-60)31-36-17-20-61(21-18-36)48(64)33-62-32-39(29-56-62)38-10-12-41-42(30-55-45(41)26-38)50(65)49(37-4-2-1-3-5-37)54-19-16-34-6-8-35(28-53)9-7-34/h1-12,14,26-27,29-30,32,36,44,49,54-55,57H,13,15-25,31,33H2,(H,58,63,66). The van der Waals surface area contributed by atoms with Crippen molar-refractivity contribution in [2.45, 2.75) is 50.7 Å². The number of H-pyrrole nitrogens is 1. The lowest BCUT2D eigenvalue weighted by atomic mass is 9.95. The molecule has 66 heavy (non-hydrogen) atoms. The van der Waals surface area contributed by atoms with Crippen molar-refractivity contribution in [1.29, 1.82) is 5.26 Å². The normalized spacial score (nSPS) is 17.7. The molecule has 0 radical (unpaired) electrons. The number of Topliss-reactive ketones (excluding diaryl/α,β-unsaturated/α-hetero) is 1. The van der Waals surface area contributed by atoms with Crippen LogP contribution >= 0.6 is 0 Å². The number of nitrogens with one attached hydrogen (secondary N) is 4. The summed E-state index contributed by atoms with van der Waals surface area (Å²) in [5.41, 5.74) is 6.86. The Bertz CT molecular complexity index is 2750. The number of aromatic nitrogens is 3. The van der Waals surface area contributed by atoms with Crippen LogP contribution in [0.3, 0.4) is 0 Å². The Kier molecular flexibility index (Phi) is 13.3. The summed E-state index contributed by atoms with van der Waals surface area (Å²) >= 11 is 0. The minimum Gasteiger partial charge on any atom is -0.374 e. The van der Waals surface area contributed by atoms with E-state index in [1.54, 1.807) is 29.2 Å². The van der Waals surface area contributed by atoms with Crippen LogP contribution < -0.4 is 20.9 Å². The Morgan fingerprint density at radius 2 is 1.68 bits per heavy atom. The fourth-order valence-corrected chi connectivity index (χ4v) is 9.40. The SMILES string of the molecule is N#Cc1ccc(CCNC(C(=O)c2c[nH]c3cc(-c4cnn(CC(=O)N5CCC(CN6CCN(c7ccc(NC8CCC(=O)NC8=O)cc7F)CC6)CC5)c4)ccc23)c2ccccc2)cc1. The Morgan fingerprint density at radius 1 is 0.894 bits per heavy atom. The average molecular weight is 889 g/mol. The highest BCUT2D eigenvalue weighted by Gasteiger charge is 2.29. The number of benzene rings is 4. The molecular weight excluding hydrogens is 836 g/mol. The fraction of sp³-hybridized carbons (Fsp3) is 0.333. The van der Waals surface area contributed by atoms with Gasteiger partial charge >= 0.3 is 0 Å². The van der Waals surface area contributed by atoms with Crippen LogP contribution in [0.25, 0.3) is 22.0 Å². The highest BCUT2D eigenvalue weighted by atomic mass is 19.1. The third-order valence-electron chi connectivity index (χ3n) is 13.2. The van der Waals surface area contributed by atoms with Gasteiger partial charge in [0.15, 0.2) is 5.78 Å². The summed E-state index contributed by atoms with van der Waals surface area (Å²) in [5.74, 6) is -0.536. The Labute approximate surface area is 382 Å². The number of likely N-dealkylation sites (tertiary alicyclic amines) is 1. The van der Waals surface area contributed by atoms with E-state index in [4.69, 9.17) is 5.26 Å². The number of imide groups is 1. The van der Waals surface area contributed by atoms with Crippen LogP contribution in [0.2, 0.25) is 0 Å². The van der Waals surface area contributed by atoms with Gasteiger partial charge in [-0.25, -0.2) is 4.39 Å². The number of carbonyl (C=O) groups is 4. The molecule has 0 saturated carbocycles. The molecule has 3 saturated heterocycles. The first-order chi connectivity index (χ1) is 32.2. The van der Waals surface area contributed by atoms with E-state index in [0.717, 1.165) is 65.6 Å². The molecule has 0 spiro atoms. The van der Waals surface area contributed by atoms with Crippen molar-refractivity contribution in [3.8, 4) is 17.2 Å². The fourth-order valence-electron chi connectivity index (χ4n) is 9.40. The van der Waals surface area contributed by atoms with Gasteiger partial charge in [0.2, 0.25) is 17.7 Å². The van der Waals surface area contributed by atoms with Gasteiger partial charge in [0.1, 0.15) is 18.4 Å². The predicted molar refractivity (Wildman–Crippen MR) is 250 cm³/mol. The number of anilines is 2. The lowest BCUT2D eigenvalue weighted by molar-refractivity contribution is -0.134.